The molecule has 2 atom stereocenters. The van der Waals surface area contributed by atoms with Gasteiger partial charge in [-0.2, -0.15) is 0 Å². The van der Waals surface area contributed by atoms with E-state index in [0.717, 1.165) is 11.6 Å². The van der Waals surface area contributed by atoms with E-state index < -0.39 is 0 Å². The summed E-state index contributed by atoms with van der Waals surface area (Å²) in [7, 11) is 0. The molecule has 2 nitrogen and oxygen atoms in total. The highest BCUT2D eigenvalue weighted by Crippen LogP contribution is 2.28. The Morgan fingerprint density at radius 1 is 1.24 bits per heavy atom. The minimum Gasteiger partial charge on any atom is -0.399 e. The average Bonchev–Trinajstić information content (AvgIpc) is 2.48. The second-order valence-electron chi connectivity index (χ2n) is 5.11. The van der Waals surface area contributed by atoms with E-state index in [2.05, 4.69) is 40.9 Å². The third kappa shape index (κ3) is 3.50. The number of halogens is 1. The van der Waals surface area contributed by atoms with Gasteiger partial charge >= 0.3 is 0 Å². The van der Waals surface area contributed by atoms with E-state index in [0.29, 0.717) is 6.04 Å². The number of rotatable bonds is 2. The van der Waals surface area contributed by atoms with Crippen LogP contribution in [0, 0.1) is 9.49 Å². The predicted octanol–water partition coefficient (Wildman–Crippen LogP) is 4.25. The number of nitrogen functional groups attached to an aromatic ring is 1. The first kappa shape index (κ1) is 13.0. The number of hydrogen-bond donors (Lipinski definition) is 2. The third-order valence-electron chi connectivity index (χ3n) is 3.70. The Morgan fingerprint density at radius 2 is 2.00 bits per heavy atom. The van der Waals surface area contributed by atoms with Crippen molar-refractivity contribution in [3.05, 3.63) is 21.8 Å². The number of hydrogen-bond acceptors (Lipinski definition) is 2. The Hall–Kier alpha value is -0.450. The first-order valence-electron chi connectivity index (χ1n) is 6.48. The second-order valence-corrected chi connectivity index (χ2v) is 6.27. The predicted molar refractivity (Wildman–Crippen MR) is 83.2 cm³/mol. The molecular weight excluding hydrogens is 323 g/mol. The van der Waals surface area contributed by atoms with Gasteiger partial charge in [-0.1, -0.05) is 26.2 Å². The molecule has 1 aliphatic carbocycles. The van der Waals surface area contributed by atoms with E-state index >= 15 is 0 Å². The molecule has 2 rings (SSSR count). The van der Waals surface area contributed by atoms with Gasteiger partial charge < -0.3 is 11.1 Å². The monoisotopic (exact) mass is 344 g/mol. The second kappa shape index (κ2) is 5.94. The average molecular weight is 344 g/mol. The summed E-state index contributed by atoms with van der Waals surface area (Å²) < 4.78 is 1.22. The van der Waals surface area contributed by atoms with Gasteiger partial charge in [0.15, 0.2) is 0 Å². The van der Waals surface area contributed by atoms with E-state index in [-0.39, 0.29) is 0 Å². The van der Waals surface area contributed by atoms with Crippen molar-refractivity contribution in [1.82, 2.24) is 0 Å². The van der Waals surface area contributed by atoms with Crippen LogP contribution < -0.4 is 11.1 Å². The lowest BCUT2D eigenvalue weighted by atomic mass is 9.97. The Balaban J connectivity index is 2.08. The van der Waals surface area contributed by atoms with Crippen LogP contribution in [0.25, 0.3) is 0 Å². The molecule has 1 fully saturated rings. The van der Waals surface area contributed by atoms with Crippen LogP contribution in [0.2, 0.25) is 0 Å². The molecule has 1 aromatic rings. The van der Waals surface area contributed by atoms with Gasteiger partial charge in [-0.15, -0.1) is 0 Å². The lowest BCUT2D eigenvalue weighted by Crippen LogP contribution is -2.26. The quantitative estimate of drug-likeness (QED) is 0.478. The Kier molecular flexibility index (Phi) is 4.54. The van der Waals surface area contributed by atoms with E-state index in [4.69, 9.17) is 5.73 Å². The normalized spacial score (nSPS) is 25.3. The van der Waals surface area contributed by atoms with Crippen molar-refractivity contribution in [3.63, 3.8) is 0 Å². The fraction of sp³-hybridized carbons (Fsp3) is 0.571. The van der Waals surface area contributed by atoms with Crippen molar-refractivity contribution >= 4 is 34.0 Å². The summed E-state index contributed by atoms with van der Waals surface area (Å²) in [6.07, 6.45) is 6.78. The summed E-state index contributed by atoms with van der Waals surface area (Å²) in [6, 6.07) is 6.74. The zero-order chi connectivity index (χ0) is 12.3. The molecule has 0 aliphatic heterocycles. The maximum Gasteiger partial charge on any atom is 0.0479 e. The van der Waals surface area contributed by atoms with Crippen LogP contribution in [-0.4, -0.2) is 6.04 Å². The fourth-order valence-corrected chi connectivity index (χ4v) is 3.25. The van der Waals surface area contributed by atoms with Crippen LogP contribution in [0.1, 0.15) is 39.0 Å². The number of nitrogens with two attached hydrogens (primary N) is 1. The first-order chi connectivity index (χ1) is 8.16. The molecular formula is C14H21IN2. The Morgan fingerprint density at radius 3 is 2.76 bits per heavy atom. The van der Waals surface area contributed by atoms with Crippen molar-refractivity contribution in [2.24, 2.45) is 5.92 Å². The zero-order valence-corrected chi connectivity index (χ0v) is 12.5. The van der Waals surface area contributed by atoms with Crippen LogP contribution in [-0.2, 0) is 0 Å². The fourth-order valence-electron chi connectivity index (χ4n) is 2.56. The Labute approximate surface area is 117 Å². The van der Waals surface area contributed by atoms with Crippen molar-refractivity contribution in [1.29, 1.82) is 0 Å². The highest BCUT2D eigenvalue weighted by molar-refractivity contribution is 14.1. The summed E-state index contributed by atoms with van der Waals surface area (Å²) in [5.74, 6) is 0.769. The highest BCUT2D eigenvalue weighted by atomic mass is 127. The van der Waals surface area contributed by atoms with Crippen molar-refractivity contribution < 1.29 is 0 Å². The smallest absolute Gasteiger partial charge is 0.0479 e. The molecule has 0 bridgehead atoms. The molecule has 0 spiro atoms. The number of anilines is 2. The van der Waals surface area contributed by atoms with E-state index in [1.54, 1.807) is 0 Å². The molecule has 3 N–H and O–H groups in total. The lowest BCUT2D eigenvalue weighted by molar-refractivity contribution is 0.456. The summed E-state index contributed by atoms with van der Waals surface area (Å²) in [5, 5.41) is 3.70. The molecule has 1 aromatic carbocycles. The van der Waals surface area contributed by atoms with Gasteiger partial charge in [0.2, 0.25) is 0 Å². The van der Waals surface area contributed by atoms with Crippen molar-refractivity contribution in [3.8, 4) is 0 Å². The highest BCUT2D eigenvalue weighted by Gasteiger charge is 2.20. The maximum atomic E-state index is 5.78. The van der Waals surface area contributed by atoms with Crippen molar-refractivity contribution in [2.75, 3.05) is 11.1 Å². The van der Waals surface area contributed by atoms with Crippen LogP contribution in [0.4, 0.5) is 11.4 Å². The van der Waals surface area contributed by atoms with Crippen LogP contribution >= 0.6 is 22.6 Å². The van der Waals surface area contributed by atoms with Gasteiger partial charge in [-0.3, -0.25) is 0 Å². The molecule has 2 unspecified atom stereocenters. The van der Waals surface area contributed by atoms with E-state index in [1.807, 2.05) is 12.1 Å². The maximum absolute atomic E-state index is 5.78. The molecule has 0 saturated heterocycles. The van der Waals surface area contributed by atoms with Gasteiger partial charge in [-0.05, 0) is 59.5 Å². The van der Waals surface area contributed by atoms with Gasteiger partial charge in [0.25, 0.3) is 0 Å². The molecule has 17 heavy (non-hydrogen) atoms. The van der Waals surface area contributed by atoms with Crippen molar-refractivity contribution in [2.45, 2.75) is 45.1 Å². The molecule has 94 valence electrons. The molecule has 0 amide bonds. The summed E-state index contributed by atoms with van der Waals surface area (Å²) >= 11 is 2.36. The molecule has 0 heterocycles. The number of benzene rings is 1. The topological polar surface area (TPSA) is 38.0 Å². The molecule has 3 heteroatoms. The SMILES string of the molecule is CC1CCCCCC1Nc1ccc(N)cc1I. The molecule has 1 saturated carbocycles. The van der Waals surface area contributed by atoms with Crippen LogP contribution in [0.3, 0.4) is 0 Å². The van der Waals surface area contributed by atoms with Gasteiger partial charge in [0.05, 0.1) is 0 Å². The van der Waals surface area contributed by atoms with Gasteiger partial charge in [0.1, 0.15) is 0 Å². The summed E-state index contributed by atoms with van der Waals surface area (Å²) in [4.78, 5) is 0. The lowest BCUT2D eigenvalue weighted by Gasteiger charge is -2.24. The first-order valence-corrected chi connectivity index (χ1v) is 7.56. The van der Waals surface area contributed by atoms with E-state index in [9.17, 15) is 0 Å². The third-order valence-corrected chi connectivity index (χ3v) is 4.59. The van der Waals surface area contributed by atoms with Gasteiger partial charge in [0, 0.05) is 21.0 Å². The summed E-state index contributed by atoms with van der Waals surface area (Å²) in [6.45, 7) is 2.37. The zero-order valence-electron chi connectivity index (χ0n) is 10.4. The Bertz CT molecular complexity index is 378. The minimum atomic E-state index is 0.620. The van der Waals surface area contributed by atoms with Gasteiger partial charge in [-0.25, -0.2) is 0 Å². The standard InChI is InChI=1S/C14H21IN2/c1-10-5-3-2-4-6-13(10)17-14-8-7-11(16)9-12(14)15/h7-10,13,17H,2-6,16H2,1H3. The minimum absolute atomic E-state index is 0.620. The largest absolute Gasteiger partial charge is 0.399 e. The van der Waals surface area contributed by atoms with Crippen LogP contribution in [0.5, 0.6) is 0 Å². The molecule has 0 radical (unpaired) electrons. The van der Waals surface area contributed by atoms with E-state index in [1.165, 1.54) is 41.4 Å². The van der Waals surface area contributed by atoms with Crippen LogP contribution in [0.15, 0.2) is 18.2 Å². The molecule has 1 aliphatic rings. The number of nitrogens with one attached hydrogen (secondary N) is 1. The summed E-state index contributed by atoms with van der Waals surface area (Å²) in [5.41, 5.74) is 7.86. The molecule has 0 aromatic heterocycles.